The van der Waals surface area contributed by atoms with Crippen LogP contribution in [-0.4, -0.2) is 41.5 Å². The minimum atomic E-state index is 0. The SMILES string of the molecule is CC(Cl)N1CCN(C(c2ccccc2)c2ccccc2)CC1.Cl. The molecule has 0 amide bonds. The van der Waals surface area contributed by atoms with Crippen LogP contribution in [0.4, 0.5) is 0 Å². The van der Waals surface area contributed by atoms with Gasteiger partial charge in [0.1, 0.15) is 0 Å². The monoisotopic (exact) mass is 350 g/mol. The lowest BCUT2D eigenvalue weighted by Gasteiger charge is -2.40. The normalized spacial score (nSPS) is 17.7. The Morgan fingerprint density at radius 1 is 0.739 bits per heavy atom. The number of benzene rings is 2. The van der Waals surface area contributed by atoms with Gasteiger partial charge >= 0.3 is 0 Å². The first-order valence-corrected chi connectivity index (χ1v) is 8.41. The maximum Gasteiger partial charge on any atom is 0.0822 e. The number of halogens is 2. The Morgan fingerprint density at radius 3 is 1.52 bits per heavy atom. The fraction of sp³-hybridized carbons (Fsp3) is 0.368. The highest BCUT2D eigenvalue weighted by Gasteiger charge is 2.27. The van der Waals surface area contributed by atoms with Crippen LogP contribution in [-0.2, 0) is 0 Å². The molecule has 23 heavy (non-hydrogen) atoms. The fourth-order valence-corrected chi connectivity index (χ4v) is 3.43. The molecule has 0 radical (unpaired) electrons. The van der Waals surface area contributed by atoms with Crippen molar-refractivity contribution in [3.05, 3.63) is 71.8 Å². The van der Waals surface area contributed by atoms with Crippen LogP contribution in [0.2, 0.25) is 0 Å². The minimum Gasteiger partial charge on any atom is -0.290 e. The molecule has 1 aliphatic heterocycles. The molecule has 1 atom stereocenters. The zero-order chi connectivity index (χ0) is 15.4. The van der Waals surface area contributed by atoms with Crippen molar-refractivity contribution >= 4 is 24.0 Å². The molecule has 1 unspecified atom stereocenters. The average molecular weight is 351 g/mol. The minimum absolute atomic E-state index is 0. The van der Waals surface area contributed by atoms with E-state index in [2.05, 4.69) is 77.4 Å². The molecular weight excluding hydrogens is 327 g/mol. The lowest BCUT2D eigenvalue weighted by atomic mass is 9.96. The highest BCUT2D eigenvalue weighted by molar-refractivity contribution is 6.20. The maximum absolute atomic E-state index is 6.23. The van der Waals surface area contributed by atoms with Gasteiger partial charge in [0.2, 0.25) is 0 Å². The lowest BCUT2D eigenvalue weighted by Crippen LogP contribution is -2.49. The number of hydrogen-bond acceptors (Lipinski definition) is 2. The molecule has 4 heteroatoms. The highest BCUT2D eigenvalue weighted by Crippen LogP contribution is 2.29. The van der Waals surface area contributed by atoms with Crippen molar-refractivity contribution < 1.29 is 0 Å². The van der Waals surface area contributed by atoms with Gasteiger partial charge in [-0.25, -0.2) is 0 Å². The van der Waals surface area contributed by atoms with Gasteiger partial charge in [0, 0.05) is 26.2 Å². The van der Waals surface area contributed by atoms with Crippen molar-refractivity contribution in [2.24, 2.45) is 0 Å². The van der Waals surface area contributed by atoms with Gasteiger partial charge in [-0.2, -0.15) is 0 Å². The number of rotatable bonds is 4. The van der Waals surface area contributed by atoms with Gasteiger partial charge in [0.05, 0.1) is 11.5 Å². The average Bonchev–Trinajstić information content (AvgIpc) is 2.57. The molecule has 2 aromatic carbocycles. The van der Waals surface area contributed by atoms with E-state index in [0.717, 1.165) is 26.2 Å². The molecule has 1 fully saturated rings. The van der Waals surface area contributed by atoms with E-state index in [4.69, 9.17) is 11.6 Å². The quantitative estimate of drug-likeness (QED) is 0.595. The van der Waals surface area contributed by atoms with E-state index < -0.39 is 0 Å². The van der Waals surface area contributed by atoms with Gasteiger partial charge in [-0.3, -0.25) is 9.80 Å². The summed E-state index contributed by atoms with van der Waals surface area (Å²) in [6, 6.07) is 21.9. The van der Waals surface area contributed by atoms with Gasteiger partial charge in [0.25, 0.3) is 0 Å². The summed E-state index contributed by atoms with van der Waals surface area (Å²) >= 11 is 6.23. The zero-order valence-corrected chi connectivity index (χ0v) is 15.0. The number of hydrogen-bond donors (Lipinski definition) is 0. The Bertz CT molecular complexity index is 527. The third-order valence-corrected chi connectivity index (χ3v) is 4.72. The van der Waals surface area contributed by atoms with Crippen LogP contribution in [0.25, 0.3) is 0 Å². The van der Waals surface area contributed by atoms with Crippen molar-refractivity contribution in [3.8, 4) is 0 Å². The molecule has 0 aliphatic carbocycles. The van der Waals surface area contributed by atoms with Gasteiger partial charge in [-0.1, -0.05) is 60.7 Å². The third kappa shape index (κ3) is 4.48. The van der Waals surface area contributed by atoms with E-state index in [1.165, 1.54) is 11.1 Å². The molecule has 0 N–H and O–H groups in total. The second-order valence-electron chi connectivity index (χ2n) is 5.87. The van der Waals surface area contributed by atoms with Crippen molar-refractivity contribution in [2.75, 3.05) is 26.2 Å². The van der Waals surface area contributed by atoms with E-state index in [-0.39, 0.29) is 17.9 Å². The maximum atomic E-state index is 6.23. The molecule has 3 rings (SSSR count). The molecule has 124 valence electrons. The Hall–Kier alpha value is -1.06. The molecule has 1 heterocycles. The third-order valence-electron chi connectivity index (χ3n) is 4.45. The summed E-state index contributed by atoms with van der Waals surface area (Å²) in [5, 5.41) is 0. The van der Waals surface area contributed by atoms with Gasteiger partial charge < -0.3 is 0 Å². The van der Waals surface area contributed by atoms with Crippen LogP contribution in [0, 0.1) is 0 Å². The summed E-state index contributed by atoms with van der Waals surface area (Å²) < 4.78 is 0. The van der Waals surface area contributed by atoms with Crippen LogP contribution >= 0.6 is 24.0 Å². The van der Waals surface area contributed by atoms with Crippen molar-refractivity contribution in [3.63, 3.8) is 0 Å². The summed E-state index contributed by atoms with van der Waals surface area (Å²) in [5.74, 6) is 0. The molecule has 1 saturated heterocycles. The Labute approximate surface area is 150 Å². The molecule has 2 nitrogen and oxygen atoms in total. The van der Waals surface area contributed by atoms with Gasteiger partial charge in [-0.15, -0.1) is 24.0 Å². The summed E-state index contributed by atoms with van der Waals surface area (Å²) in [6.07, 6.45) is 0. The number of alkyl halides is 1. The van der Waals surface area contributed by atoms with Crippen molar-refractivity contribution in [1.82, 2.24) is 9.80 Å². The standard InChI is InChI=1S/C19H23ClN2.ClH/c1-16(20)21-12-14-22(15-13-21)19(17-8-4-2-5-9-17)18-10-6-3-7-11-18;/h2-11,16,19H,12-15H2,1H3;1H. The predicted octanol–water partition coefficient (Wildman–Crippen LogP) is 4.40. The molecule has 0 saturated carbocycles. The first-order chi connectivity index (χ1) is 10.8. The predicted molar refractivity (Wildman–Crippen MR) is 100 cm³/mol. The van der Waals surface area contributed by atoms with Crippen molar-refractivity contribution in [2.45, 2.75) is 18.5 Å². The Balaban J connectivity index is 0.00000192. The topological polar surface area (TPSA) is 6.48 Å². The number of piperazine rings is 1. The van der Waals surface area contributed by atoms with E-state index in [9.17, 15) is 0 Å². The molecule has 0 aromatic heterocycles. The number of nitrogens with zero attached hydrogens (tertiary/aromatic N) is 2. The Kier molecular flexibility index (Phi) is 6.91. The second-order valence-corrected chi connectivity index (χ2v) is 6.50. The molecule has 2 aromatic rings. The summed E-state index contributed by atoms with van der Waals surface area (Å²) in [5.41, 5.74) is 2.84. The highest BCUT2D eigenvalue weighted by atomic mass is 35.5. The largest absolute Gasteiger partial charge is 0.290 e. The van der Waals surface area contributed by atoms with E-state index in [1.54, 1.807) is 0 Å². The van der Waals surface area contributed by atoms with Crippen molar-refractivity contribution in [1.29, 1.82) is 0 Å². The van der Waals surface area contributed by atoms with Crippen LogP contribution < -0.4 is 0 Å². The first kappa shape index (κ1) is 18.3. The van der Waals surface area contributed by atoms with Crippen LogP contribution in [0.15, 0.2) is 60.7 Å². The Morgan fingerprint density at radius 2 is 1.13 bits per heavy atom. The summed E-state index contributed by atoms with van der Waals surface area (Å²) in [6.45, 7) is 6.21. The van der Waals surface area contributed by atoms with Gasteiger partial charge in [0.15, 0.2) is 0 Å². The second kappa shape index (κ2) is 8.70. The van der Waals surface area contributed by atoms with E-state index >= 15 is 0 Å². The zero-order valence-electron chi connectivity index (χ0n) is 13.4. The first-order valence-electron chi connectivity index (χ1n) is 7.98. The van der Waals surface area contributed by atoms with Gasteiger partial charge in [-0.05, 0) is 18.1 Å². The van der Waals surface area contributed by atoms with Crippen LogP contribution in [0.3, 0.4) is 0 Å². The molecule has 1 aliphatic rings. The summed E-state index contributed by atoms with van der Waals surface area (Å²) in [7, 11) is 0. The van der Waals surface area contributed by atoms with Crippen LogP contribution in [0.1, 0.15) is 24.1 Å². The van der Waals surface area contributed by atoms with Crippen LogP contribution in [0.5, 0.6) is 0 Å². The smallest absolute Gasteiger partial charge is 0.0822 e. The molecule has 0 spiro atoms. The van der Waals surface area contributed by atoms with E-state index in [0.29, 0.717) is 6.04 Å². The molecular formula is C19H24Cl2N2. The van der Waals surface area contributed by atoms with E-state index in [1.807, 2.05) is 0 Å². The summed E-state index contributed by atoms with van der Waals surface area (Å²) in [4.78, 5) is 4.91. The lowest BCUT2D eigenvalue weighted by molar-refractivity contribution is 0.104. The fourth-order valence-electron chi connectivity index (χ4n) is 3.24. The molecule has 0 bridgehead atoms.